The number of benzene rings is 2. The monoisotopic (exact) mass is 455 g/mol. The highest BCUT2D eigenvalue weighted by molar-refractivity contribution is 6.52. The number of rotatable bonds is 3. The minimum absolute atomic E-state index is 0.0707. The van der Waals surface area contributed by atoms with Crippen LogP contribution in [0.2, 0.25) is 10.0 Å². The van der Waals surface area contributed by atoms with Crippen LogP contribution >= 0.6 is 23.2 Å². The number of aliphatic hydroxyl groups is 1. The van der Waals surface area contributed by atoms with E-state index >= 15 is 0 Å². The summed E-state index contributed by atoms with van der Waals surface area (Å²) in [7, 11) is 0. The van der Waals surface area contributed by atoms with Gasteiger partial charge in [-0.05, 0) is 68.3 Å². The molecule has 7 heteroatoms. The third-order valence-corrected chi connectivity index (χ3v) is 6.24. The predicted octanol–water partition coefficient (Wildman–Crippen LogP) is 6.14. The average molecular weight is 456 g/mol. The number of ketones is 1. The molecule has 0 spiro atoms. The number of aryl methyl sites for hydroxylation is 2. The van der Waals surface area contributed by atoms with E-state index in [9.17, 15) is 14.7 Å². The Morgan fingerprint density at radius 3 is 2.39 bits per heavy atom. The first-order chi connectivity index (χ1) is 14.7. The van der Waals surface area contributed by atoms with Crippen molar-refractivity contribution in [2.75, 3.05) is 4.90 Å². The van der Waals surface area contributed by atoms with Gasteiger partial charge in [0, 0.05) is 11.3 Å². The molecule has 0 bridgehead atoms. The van der Waals surface area contributed by atoms with Gasteiger partial charge in [-0.1, -0.05) is 35.3 Å². The molecule has 1 fully saturated rings. The second-order valence-electron chi connectivity index (χ2n) is 7.47. The minimum atomic E-state index is -0.927. The number of nitrogens with zero attached hydrogens (tertiary/aromatic N) is 1. The molecule has 158 valence electrons. The summed E-state index contributed by atoms with van der Waals surface area (Å²) < 4.78 is 5.81. The number of Topliss-reactive ketones (excluding diaryl/α,β-unsaturated/α-hetero) is 1. The largest absolute Gasteiger partial charge is 0.507 e. The van der Waals surface area contributed by atoms with Crippen LogP contribution in [0.3, 0.4) is 0 Å². The number of carbonyl (C=O) groups is 2. The molecule has 4 rings (SSSR count). The normalized spacial score (nSPS) is 18.1. The van der Waals surface area contributed by atoms with Gasteiger partial charge in [0.1, 0.15) is 23.3 Å². The van der Waals surface area contributed by atoms with Crippen molar-refractivity contribution in [3.63, 3.8) is 0 Å². The Kier molecular flexibility index (Phi) is 5.42. The zero-order valence-electron chi connectivity index (χ0n) is 17.1. The van der Waals surface area contributed by atoms with E-state index in [4.69, 9.17) is 27.6 Å². The van der Waals surface area contributed by atoms with Crippen molar-refractivity contribution >= 4 is 46.3 Å². The fraction of sp³-hybridized carbons (Fsp3) is 0.167. The molecule has 1 aromatic heterocycles. The average Bonchev–Trinajstić information content (AvgIpc) is 3.27. The van der Waals surface area contributed by atoms with Gasteiger partial charge < -0.3 is 9.52 Å². The van der Waals surface area contributed by atoms with Crippen molar-refractivity contribution in [1.29, 1.82) is 0 Å². The van der Waals surface area contributed by atoms with Gasteiger partial charge in [0.05, 0.1) is 15.6 Å². The summed E-state index contributed by atoms with van der Waals surface area (Å²) in [4.78, 5) is 27.7. The lowest BCUT2D eigenvalue weighted by Crippen LogP contribution is -2.30. The van der Waals surface area contributed by atoms with Crippen molar-refractivity contribution in [1.82, 2.24) is 0 Å². The number of aliphatic hydroxyl groups excluding tert-OH is 1. The standard InChI is InChI=1S/C24H19Cl2NO4/c1-12-5-4-6-18(14(12)3)27-21(19-10-7-13(2)31-19)20(23(29)24(27)30)22(28)15-8-9-16(25)17(26)11-15/h4-11,21,28H,1-3H3/b22-20-. The molecule has 31 heavy (non-hydrogen) atoms. The molecule has 1 saturated heterocycles. The summed E-state index contributed by atoms with van der Waals surface area (Å²) in [5.74, 6) is -0.892. The predicted molar refractivity (Wildman–Crippen MR) is 121 cm³/mol. The molecule has 0 saturated carbocycles. The topological polar surface area (TPSA) is 70.8 Å². The Balaban J connectivity index is 1.98. The van der Waals surface area contributed by atoms with E-state index in [0.29, 0.717) is 22.2 Å². The summed E-state index contributed by atoms with van der Waals surface area (Å²) in [5, 5.41) is 11.6. The van der Waals surface area contributed by atoms with E-state index in [-0.39, 0.29) is 21.9 Å². The van der Waals surface area contributed by atoms with Gasteiger partial charge in [-0.15, -0.1) is 0 Å². The van der Waals surface area contributed by atoms with Crippen LogP contribution in [0, 0.1) is 20.8 Å². The fourth-order valence-electron chi connectivity index (χ4n) is 3.75. The molecule has 1 atom stereocenters. The van der Waals surface area contributed by atoms with Gasteiger partial charge in [-0.3, -0.25) is 14.5 Å². The van der Waals surface area contributed by atoms with E-state index in [2.05, 4.69) is 0 Å². The van der Waals surface area contributed by atoms with E-state index < -0.39 is 17.7 Å². The first-order valence-corrected chi connectivity index (χ1v) is 10.3. The Labute approximate surface area is 189 Å². The van der Waals surface area contributed by atoms with Crippen LogP contribution in [0.5, 0.6) is 0 Å². The van der Waals surface area contributed by atoms with Crippen LogP contribution in [-0.2, 0) is 9.59 Å². The SMILES string of the molecule is Cc1ccc(C2/C(=C(/O)c3ccc(Cl)c(Cl)c3)C(=O)C(=O)N2c2cccc(C)c2C)o1. The maximum absolute atomic E-state index is 13.2. The van der Waals surface area contributed by atoms with Crippen molar-refractivity contribution in [3.05, 3.63) is 92.4 Å². The van der Waals surface area contributed by atoms with Gasteiger partial charge in [-0.25, -0.2) is 0 Å². The molecule has 3 aromatic rings. The number of furan rings is 1. The molecule has 1 amide bonds. The van der Waals surface area contributed by atoms with Crippen LogP contribution < -0.4 is 4.90 Å². The molecular formula is C24H19Cl2NO4. The highest BCUT2D eigenvalue weighted by atomic mass is 35.5. The first-order valence-electron chi connectivity index (χ1n) is 9.59. The Morgan fingerprint density at radius 1 is 1.00 bits per heavy atom. The zero-order valence-corrected chi connectivity index (χ0v) is 18.6. The number of hydrogen-bond acceptors (Lipinski definition) is 4. The van der Waals surface area contributed by atoms with E-state index in [1.54, 1.807) is 31.2 Å². The second kappa shape index (κ2) is 7.91. The summed E-state index contributed by atoms with van der Waals surface area (Å²) in [6.45, 7) is 5.58. The summed E-state index contributed by atoms with van der Waals surface area (Å²) in [6.07, 6.45) is 0. The number of amides is 1. The summed E-state index contributed by atoms with van der Waals surface area (Å²) in [6, 6.07) is 12.6. The quantitative estimate of drug-likeness (QED) is 0.292. The third-order valence-electron chi connectivity index (χ3n) is 5.50. The van der Waals surface area contributed by atoms with Crippen molar-refractivity contribution < 1.29 is 19.1 Å². The second-order valence-corrected chi connectivity index (χ2v) is 8.28. The number of anilines is 1. The van der Waals surface area contributed by atoms with Gasteiger partial charge in [0.2, 0.25) is 0 Å². The smallest absolute Gasteiger partial charge is 0.300 e. The first kappa shape index (κ1) is 21.2. The maximum atomic E-state index is 13.2. The Bertz CT molecular complexity index is 1260. The van der Waals surface area contributed by atoms with Gasteiger partial charge in [0.25, 0.3) is 11.7 Å². The molecule has 5 nitrogen and oxygen atoms in total. The van der Waals surface area contributed by atoms with Crippen molar-refractivity contribution in [2.45, 2.75) is 26.8 Å². The van der Waals surface area contributed by atoms with Crippen LogP contribution in [0.1, 0.15) is 34.3 Å². The van der Waals surface area contributed by atoms with E-state index in [0.717, 1.165) is 11.1 Å². The Hall–Kier alpha value is -3.02. The minimum Gasteiger partial charge on any atom is -0.507 e. The molecule has 1 aliphatic heterocycles. The van der Waals surface area contributed by atoms with Crippen LogP contribution in [-0.4, -0.2) is 16.8 Å². The zero-order chi connectivity index (χ0) is 22.4. The number of halogens is 2. The molecule has 1 N–H and O–H groups in total. The summed E-state index contributed by atoms with van der Waals surface area (Å²) >= 11 is 12.1. The maximum Gasteiger partial charge on any atom is 0.300 e. The van der Waals surface area contributed by atoms with Gasteiger partial charge >= 0.3 is 0 Å². The fourth-order valence-corrected chi connectivity index (χ4v) is 4.04. The highest BCUT2D eigenvalue weighted by Crippen LogP contribution is 2.44. The van der Waals surface area contributed by atoms with Gasteiger partial charge in [0.15, 0.2) is 0 Å². The molecule has 1 unspecified atom stereocenters. The van der Waals surface area contributed by atoms with Crippen LogP contribution in [0.4, 0.5) is 5.69 Å². The molecule has 0 aliphatic carbocycles. The number of carbonyl (C=O) groups excluding carboxylic acids is 2. The van der Waals surface area contributed by atoms with Crippen molar-refractivity contribution in [3.8, 4) is 0 Å². The highest BCUT2D eigenvalue weighted by Gasteiger charge is 2.48. The van der Waals surface area contributed by atoms with Gasteiger partial charge in [-0.2, -0.15) is 0 Å². The number of hydrogen-bond donors (Lipinski definition) is 1. The Morgan fingerprint density at radius 2 is 1.74 bits per heavy atom. The lowest BCUT2D eigenvalue weighted by molar-refractivity contribution is -0.132. The molecule has 2 heterocycles. The van der Waals surface area contributed by atoms with Crippen LogP contribution in [0.25, 0.3) is 5.76 Å². The lowest BCUT2D eigenvalue weighted by Gasteiger charge is -2.25. The van der Waals surface area contributed by atoms with E-state index in [1.165, 1.54) is 17.0 Å². The molecule has 0 radical (unpaired) electrons. The van der Waals surface area contributed by atoms with Crippen LogP contribution in [0.15, 0.2) is 58.5 Å². The molecule has 2 aromatic carbocycles. The summed E-state index contributed by atoms with van der Waals surface area (Å²) in [5.41, 5.74) is 2.61. The lowest BCUT2D eigenvalue weighted by atomic mass is 9.98. The molecule has 1 aliphatic rings. The molecular weight excluding hydrogens is 437 g/mol. The third kappa shape index (κ3) is 3.54. The van der Waals surface area contributed by atoms with Crippen molar-refractivity contribution in [2.24, 2.45) is 0 Å². The van der Waals surface area contributed by atoms with E-state index in [1.807, 2.05) is 26.0 Å².